The summed E-state index contributed by atoms with van der Waals surface area (Å²) in [7, 11) is 2.13. The average molecular weight is 399 g/mol. The smallest absolute Gasteiger partial charge is 0.150 e. The van der Waals surface area contributed by atoms with Crippen LogP contribution in [0.15, 0.2) is 18.2 Å². The summed E-state index contributed by atoms with van der Waals surface area (Å²) >= 11 is 2.37. The molecule has 114 valence electrons. The van der Waals surface area contributed by atoms with E-state index in [4.69, 9.17) is 9.84 Å². The molecular formula is C16H22IN3O. The van der Waals surface area contributed by atoms with Crippen LogP contribution in [-0.4, -0.2) is 34.9 Å². The molecule has 0 saturated carbocycles. The first-order valence-electron chi connectivity index (χ1n) is 7.66. The number of benzene rings is 1. The second kappa shape index (κ2) is 6.62. The zero-order valence-corrected chi connectivity index (χ0v) is 14.8. The molecule has 0 radical (unpaired) electrons. The Morgan fingerprint density at radius 2 is 2.29 bits per heavy atom. The van der Waals surface area contributed by atoms with Crippen molar-refractivity contribution >= 4 is 33.5 Å². The van der Waals surface area contributed by atoms with Crippen LogP contribution < -0.4 is 0 Å². The number of fused-ring (bicyclic) bond motifs is 1. The van der Waals surface area contributed by atoms with Crippen LogP contribution in [0.1, 0.15) is 38.1 Å². The van der Waals surface area contributed by atoms with E-state index in [9.17, 15) is 0 Å². The molecule has 3 rings (SSSR count). The molecular weight excluding hydrogens is 377 g/mol. The minimum absolute atomic E-state index is 0.0991. The number of aromatic nitrogens is 2. The Hall–Kier alpha value is -0.660. The maximum absolute atomic E-state index is 5.93. The van der Waals surface area contributed by atoms with Crippen LogP contribution in [0.4, 0.5) is 0 Å². The molecule has 0 bridgehead atoms. The summed E-state index contributed by atoms with van der Waals surface area (Å²) in [6.07, 6.45) is 3.55. The molecule has 2 heterocycles. The molecule has 1 atom stereocenters. The molecule has 21 heavy (non-hydrogen) atoms. The maximum atomic E-state index is 5.93. The van der Waals surface area contributed by atoms with Crippen LogP contribution >= 0.6 is 22.6 Å². The first-order chi connectivity index (χ1) is 10.2. The summed E-state index contributed by atoms with van der Waals surface area (Å²) in [5, 5.41) is 6.15. The van der Waals surface area contributed by atoms with Crippen molar-refractivity contribution in [1.29, 1.82) is 0 Å². The van der Waals surface area contributed by atoms with Crippen molar-refractivity contribution in [3.8, 4) is 0 Å². The van der Waals surface area contributed by atoms with E-state index in [2.05, 4.69) is 64.3 Å². The van der Waals surface area contributed by atoms with E-state index in [1.165, 1.54) is 27.3 Å². The predicted molar refractivity (Wildman–Crippen MR) is 93.3 cm³/mol. The van der Waals surface area contributed by atoms with Gasteiger partial charge < -0.3 is 9.64 Å². The number of hydrogen-bond donors (Lipinski definition) is 0. The molecule has 1 saturated heterocycles. The largest absolute Gasteiger partial charge is 0.356 e. The van der Waals surface area contributed by atoms with Crippen molar-refractivity contribution in [2.24, 2.45) is 0 Å². The van der Waals surface area contributed by atoms with Crippen LogP contribution in [-0.2, 0) is 11.3 Å². The van der Waals surface area contributed by atoms with E-state index < -0.39 is 0 Å². The van der Waals surface area contributed by atoms with E-state index in [0.29, 0.717) is 0 Å². The number of rotatable bonds is 4. The van der Waals surface area contributed by atoms with Crippen LogP contribution in [0, 0.1) is 3.57 Å². The summed E-state index contributed by atoms with van der Waals surface area (Å²) in [5.41, 5.74) is 2.35. The highest BCUT2D eigenvalue weighted by molar-refractivity contribution is 14.1. The lowest BCUT2D eigenvalue weighted by Gasteiger charge is -2.23. The van der Waals surface area contributed by atoms with Crippen molar-refractivity contribution in [3.63, 3.8) is 0 Å². The lowest BCUT2D eigenvalue weighted by Crippen LogP contribution is -2.20. The van der Waals surface area contributed by atoms with Gasteiger partial charge in [0, 0.05) is 22.1 Å². The normalized spacial score (nSPS) is 19.5. The molecule has 0 N–H and O–H groups in total. The molecule has 1 aliphatic rings. The summed E-state index contributed by atoms with van der Waals surface area (Å²) in [6, 6.07) is 6.57. The number of halogens is 1. The van der Waals surface area contributed by atoms with Gasteiger partial charge in [0.05, 0.1) is 11.2 Å². The van der Waals surface area contributed by atoms with Crippen molar-refractivity contribution in [2.45, 2.75) is 39.0 Å². The van der Waals surface area contributed by atoms with E-state index in [0.717, 1.165) is 31.8 Å². The molecule has 2 aromatic rings. The lowest BCUT2D eigenvalue weighted by molar-refractivity contribution is -0.0369. The second-order valence-electron chi connectivity index (χ2n) is 5.70. The lowest BCUT2D eigenvalue weighted by atomic mass is 10.1. The zero-order chi connectivity index (χ0) is 14.8. The van der Waals surface area contributed by atoms with Gasteiger partial charge in [-0.3, -0.25) is 0 Å². The van der Waals surface area contributed by atoms with Crippen molar-refractivity contribution in [2.75, 3.05) is 20.2 Å². The Labute approximate surface area is 139 Å². The fourth-order valence-electron chi connectivity index (χ4n) is 2.80. The number of hydrogen-bond acceptors (Lipinski definition) is 3. The average Bonchev–Trinajstić information content (AvgIpc) is 2.86. The van der Waals surface area contributed by atoms with Crippen LogP contribution in [0.2, 0.25) is 0 Å². The molecule has 0 spiro atoms. The van der Waals surface area contributed by atoms with Gasteiger partial charge in [-0.25, -0.2) is 4.68 Å². The highest BCUT2D eigenvalue weighted by Gasteiger charge is 2.21. The molecule has 4 nitrogen and oxygen atoms in total. The van der Waals surface area contributed by atoms with Crippen molar-refractivity contribution < 1.29 is 4.74 Å². The molecule has 1 aliphatic heterocycles. The molecule has 1 aromatic carbocycles. The van der Waals surface area contributed by atoms with Gasteiger partial charge in [-0.15, -0.1) is 0 Å². The summed E-state index contributed by atoms with van der Waals surface area (Å²) in [6.45, 7) is 4.93. The summed E-state index contributed by atoms with van der Waals surface area (Å²) in [5.74, 6) is 0. The third-order valence-corrected chi connectivity index (χ3v) is 4.80. The van der Waals surface area contributed by atoms with Gasteiger partial charge in [0.15, 0.2) is 6.23 Å². The Balaban J connectivity index is 2.03. The second-order valence-corrected chi connectivity index (χ2v) is 6.95. The monoisotopic (exact) mass is 399 g/mol. The summed E-state index contributed by atoms with van der Waals surface area (Å²) in [4.78, 5) is 2.29. The fourth-order valence-corrected chi connectivity index (χ4v) is 3.29. The Morgan fingerprint density at radius 3 is 3.00 bits per heavy atom. The maximum Gasteiger partial charge on any atom is 0.150 e. The van der Waals surface area contributed by atoms with Gasteiger partial charge >= 0.3 is 0 Å². The molecule has 1 aromatic heterocycles. The van der Waals surface area contributed by atoms with Crippen LogP contribution in [0.25, 0.3) is 10.9 Å². The molecule has 1 fully saturated rings. The molecule has 1 unspecified atom stereocenters. The number of nitrogens with zero attached hydrogens (tertiary/aromatic N) is 3. The standard InChI is InChI=1S/C16H22IN3O/c1-3-19(2)11-14-13-10-12(17)7-8-15(13)20(18-14)16-6-4-5-9-21-16/h7-8,10,16H,3-6,9,11H2,1-2H3. The Morgan fingerprint density at radius 1 is 1.43 bits per heavy atom. The molecule has 0 aliphatic carbocycles. The van der Waals surface area contributed by atoms with Crippen molar-refractivity contribution in [1.82, 2.24) is 14.7 Å². The van der Waals surface area contributed by atoms with Crippen molar-refractivity contribution in [3.05, 3.63) is 27.5 Å². The van der Waals surface area contributed by atoms with E-state index in [-0.39, 0.29) is 6.23 Å². The van der Waals surface area contributed by atoms with E-state index in [1.54, 1.807) is 0 Å². The van der Waals surface area contributed by atoms with Gasteiger partial charge in [-0.2, -0.15) is 5.10 Å². The topological polar surface area (TPSA) is 30.3 Å². The zero-order valence-electron chi connectivity index (χ0n) is 12.7. The fraction of sp³-hybridized carbons (Fsp3) is 0.562. The highest BCUT2D eigenvalue weighted by atomic mass is 127. The number of ether oxygens (including phenoxy) is 1. The van der Waals surface area contributed by atoms with Gasteiger partial charge in [-0.05, 0) is 73.6 Å². The van der Waals surface area contributed by atoms with E-state index >= 15 is 0 Å². The Kier molecular flexibility index (Phi) is 4.81. The third kappa shape index (κ3) is 3.24. The first-order valence-corrected chi connectivity index (χ1v) is 8.73. The first kappa shape index (κ1) is 15.2. The predicted octanol–water partition coefficient (Wildman–Crippen LogP) is 3.79. The molecule has 0 amide bonds. The summed E-state index contributed by atoms with van der Waals surface area (Å²) < 4.78 is 9.29. The van der Waals surface area contributed by atoms with Crippen LogP contribution in [0.5, 0.6) is 0 Å². The quantitative estimate of drug-likeness (QED) is 0.733. The minimum Gasteiger partial charge on any atom is -0.356 e. The van der Waals surface area contributed by atoms with Gasteiger partial charge in [0.25, 0.3) is 0 Å². The Bertz CT molecular complexity index is 619. The van der Waals surface area contributed by atoms with Gasteiger partial charge in [0.2, 0.25) is 0 Å². The SMILES string of the molecule is CCN(C)Cc1nn(C2CCCCO2)c2ccc(I)cc12. The minimum atomic E-state index is 0.0991. The highest BCUT2D eigenvalue weighted by Crippen LogP contribution is 2.29. The van der Waals surface area contributed by atoms with E-state index in [1.807, 2.05) is 0 Å². The third-order valence-electron chi connectivity index (χ3n) is 4.13. The van der Waals surface area contributed by atoms with Gasteiger partial charge in [0.1, 0.15) is 0 Å². The van der Waals surface area contributed by atoms with Gasteiger partial charge in [-0.1, -0.05) is 6.92 Å². The molecule has 5 heteroatoms. The van der Waals surface area contributed by atoms with Crippen LogP contribution in [0.3, 0.4) is 0 Å².